The third-order valence-electron chi connectivity index (χ3n) is 11.1. The van der Waals surface area contributed by atoms with Crippen LogP contribution < -0.4 is 5.32 Å². The van der Waals surface area contributed by atoms with Crippen molar-refractivity contribution in [2.75, 3.05) is 6.61 Å². The number of unbranched alkanes of at least 4 members (excludes halogenated alkanes) is 21. The molecule has 358 valence electrons. The van der Waals surface area contributed by atoms with Crippen LogP contribution in [0.1, 0.15) is 213 Å². The van der Waals surface area contributed by atoms with Gasteiger partial charge in [-0.2, -0.15) is 0 Å². The Bertz CT molecular complexity index is 1300. The summed E-state index contributed by atoms with van der Waals surface area (Å²) in [5, 5.41) is 23.8. The van der Waals surface area contributed by atoms with Crippen LogP contribution >= 0.6 is 0 Å². The summed E-state index contributed by atoms with van der Waals surface area (Å²) in [6.07, 6.45) is 67.1. The maximum Gasteiger partial charge on any atom is 0.306 e. The fourth-order valence-electron chi connectivity index (χ4n) is 7.23. The molecule has 0 fully saturated rings. The van der Waals surface area contributed by atoms with Crippen molar-refractivity contribution in [3.05, 3.63) is 109 Å². The molecule has 0 aliphatic rings. The topological polar surface area (TPSA) is 95.9 Å². The summed E-state index contributed by atoms with van der Waals surface area (Å²) in [5.74, 6) is -0.555. The number of amides is 1. The normalized spacial score (nSPS) is 14.2. The Balaban J connectivity index is 4.71. The molecule has 0 aliphatic carbocycles. The summed E-state index contributed by atoms with van der Waals surface area (Å²) in [5.41, 5.74) is 0. The van der Waals surface area contributed by atoms with Crippen molar-refractivity contribution in [2.24, 2.45) is 0 Å². The Kier molecular flexibility index (Phi) is 46.8. The average molecular weight is 874 g/mol. The summed E-state index contributed by atoms with van der Waals surface area (Å²) < 4.78 is 5.90. The second-order valence-electron chi connectivity index (χ2n) is 17.0. The Labute approximate surface area is 388 Å². The summed E-state index contributed by atoms with van der Waals surface area (Å²) in [6, 6.07) is -0.725. The number of esters is 1. The van der Waals surface area contributed by atoms with Gasteiger partial charge in [0.1, 0.15) is 6.10 Å². The highest BCUT2D eigenvalue weighted by Gasteiger charge is 2.24. The van der Waals surface area contributed by atoms with Gasteiger partial charge in [0.05, 0.1) is 25.2 Å². The van der Waals surface area contributed by atoms with E-state index in [1.165, 1.54) is 70.6 Å². The van der Waals surface area contributed by atoms with E-state index in [1.54, 1.807) is 0 Å². The third-order valence-corrected chi connectivity index (χ3v) is 11.1. The van der Waals surface area contributed by atoms with Crippen LogP contribution in [0.5, 0.6) is 0 Å². The molecule has 3 N–H and O–H groups in total. The van der Waals surface area contributed by atoms with Crippen LogP contribution in [0.25, 0.3) is 0 Å². The molecule has 0 aromatic rings. The lowest BCUT2D eigenvalue weighted by atomic mass is 10.0. The van der Waals surface area contributed by atoms with Crippen molar-refractivity contribution in [3.63, 3.8) is 0 Å². The molecular weight excluding hydrogens is 779 g/mol. The van der Waals surface area contributed by atoms with Crippen LogP contribution in [-0.2, 0) is 14.3 Å². The summed E-state index contributed by atoms with van der Waals surface area (Å²) in [7, 11) is 0. The highest BCUT2D eigenvalue weighted by molar-refractivity contribution is 5.77. The fourth-order valence-corrected chi connectivity index (χ4v) is 7.23. The minimum absolute atomic E-state index is 0.0387. The zero-order valence-electron chi connectivity index (χ0n) is 40.7. The number of ether oxygens (including phenoxy) is 1. The van der Waals surface area contributed by atoms with E-state index < -0.39 is 18.2 Å². The van der Waals surface area contributed by atoms with Crippen molar-refractivity contribution >= 4 is 11.9 Å². The molecule has 1 amide bonds. The molecule has 0 heterocycles. The zero-order valence-corrected chi connectivity index (χ0v) is 40.7. The van der Waals surface area contributed by atoms with E-state index in [-0.39, 0.29) is 24.9 Å². The number of carbonyl (C=O) groups excluding carboxylic acids is 2. The Hall–Kier alpha value is -3.48. The highest BCUT2D eigenvalue weighted by atomic mass is 16.5. The van der Waals surface area contributed by atoms with Crippen LogP contribution in [-0.4, -0.2) is 46.9 Å². The highest BCUT2D eigenvalue weighted by Crippen LogP contribution is 2.17. The van der Waals surface area contributed by atoms with E-state index >= 15 is 0 Å². The van der Waals surface area contributed by atoms with Crippen LogP contribution in [0.4, 0.5) is 0 Å². The second-order valence-corrected chi connectivity index (χ2v) is 17.0. The van der Waals surface area contributed by atoms with Gasteiger partial charge in [0.25, 0.3) is 0 Å². The van der Waals surface area contributed by atoms with E-state index in [4.69, 9.17) is 4.74 Å². The Morgan fingerprint density at radius 2 is 0.857 bits per heavy atom. The Morgan fingerprint density at radius 3 is 1.30 bits per heavy atom. The number of carbonyl (C=O) groups is 2. The number of aliphatic hydroxyl groups excluding tert-OH is 2. The molecule has 0 aromatic carbocycles. The molecule has 3 atom stereocenters. The molecule has 6 heteroatoms. The first-order chi connectivity index (χ1) is 31.0. The lowest BCUT2D eigenvalue weighted by molar-refractivity contribution is -0.151. The molecule has 0 rings (SSSR count). The number of allylic oxidation sites excluding steroid dienone is 18. The number of aliphatic hydroxyl groups is 2. The number of hydrogen-bond donors (Lipinski definition) is 3. The minimum atomic E-state index is -0.808. The van der Waals surface area contributed by atoms with E-state index in [2.05, 4.69) is 80.8 Å². The van der Waals surface area contributed by atoms with E-state index in [0.29, 0.717) is 19.3 Å². The SMILES string of the molecule is CC\C=C/C=C/C=C/C=C\C=C\C=C\CCCCCC(=O)OC(CCCCCCC/C=C/C=C/C=C/CC)CC(=O)NC(CO)C(O)CCCCCCCCCCCCCCCC. The monoisotopic (exact) mass is 874 g/mol. The summed E-state index contributed by atoms with van der Waals surface area (Å²) in [4.78, 5) is 26.1. The largest absolute Gasteiger partial charge is 0.462 e. The van der Waals surface area contributed by atoms with Crippen LogP contribution in [0, 0.1) is 0 Å². The smallest absolute Gasteiger partial charge is 0.306 e. The second kappa shape index (κ2) is 49.5. The number of nitrogens with one attached hydrogen (secondary N) is 1. The van der Waals surface area contributed by atoms with E-state index in [0.717, 1.165) is 96.3 Å². The number of hydrogen-bond acceptors (Lipinski definition) is 5. The maximum atomic E-state index is 13.2. The van der Waals surface area contributed by atoms with Crippen molar-refractivity contribution in [1.82, 2.24) is 5.32 Å². The number of rotatable bonds is 44. The fraction of sp³-hybridized carbons (Fsp3) is 0.649. The third kappa shape index (κ3) is 44.9. The van der Waals surface area contributed by atoms with Gasteiger partial charge >= 0.3 is 5.97 Å². The summed E-state index contributed by atoms with van der Waals surface area (Å²) >= 11 is 0. The molecule has 0 aromatic heterocycles. The average Bonchev–Trinajstić information content (AvgIpc) is 3.28. The molecule has 0 bridgehead atoms. The molecule has 0 saturated carbocycles. The van der Waals surface area contributed by atoms with Gasteiger partial charge in [0.15, 0.2) is 0 Å². The van der Waals surface area contributed by atoms with Crippen molar-refractivity contribution in [1.29, 1.82) is 0 Å². The van der Waals surface area contributed by atoms with Gasteiger partial charge in [0.2, 0.25) is 5.91 Å². The molecule has 0 saturated heterocycles. The molecule has 0 aliphatic heterocycles. The first-order valence-electron chi connectivity index (χ1n) is 25.7. The van der Waals surface area contributed by atoms with Gasteiger partial charge in [-0.3, -0.25) is 9.59 Å². The van der Waals surface area contributed by atoms with E-state index in [1.807, 2.05) is 54.7 Å². The standard InChI is InChI=1S/C57H95NO5/c1-4-7-10-13-16-19-22-25-27-28-29-32-35-38-41-44-47-50-57(62)63-53(48-45-42-39-36-33-30-24-21-18-15-12-9-6-3)51-56(61)58-54(52-59)55(60)49-46-43-40-37-34-31-26-23-20-17-14-11-8-5-2/h7,9-10,12-13,15-16,18-19,21-22,24-25,27-29,32,35,53-55,59-60H,4-6,8,11,14,17,20,23,26,30-31,33-34,36-52H2,1-3H3,(H,58,61)/b10-7-,12-9+,16-13+,18-15+,22-19+,24-21+,27-25-,29-28+,35-32+. The first kappa shape index (κ1) is 59.5. The van der Waals surface area contributed by atoms with Gasteiger partial charge < -0.3 is 20.3 Å². The first-order valence-corrected chi connectivity index (χ1v) is 25.7. The molecular formula is C57H95NO5. The van der Waals surface area contributed by atoms with Gasteiger partial charge in [0, 0.05) is 6.42 Å². The predicted molar refractivity (Wildman–Crippen MR) is 273 cm³/mol. The lowest BCUT2D eigenvalue weighted by Gasteiger charge is -2.24. The molecule has 0 radical (unpaired) electrons. The minimum Gasteiger partial charge on any atom is -0.462 e. The van der Waals surface area contributed by atoms with Crippen LogP contribution in [0.15, 0.2) is 109 Å². The Morgan fingerprint density at radius 1 is 0.476 bits per heavy atom. The van der Waals surface area contributed by atoms with Crippen LogP contribution in [0.3, 0.4) is 0 Å². The lowest BCUT2D eigenvalue weighted by Crippen LogP contribution is -2.46. The summed E-state index contributed by atoms with van der Waals surface area (Å²) in [6.45, 7) is 6.18. The molecule has 6 nitrogen and oxygen atoms in total. The quantitative estimate of drug-likeness (QED) is 0.0322. The molecule has 63 heavy (non-hydrogen) atoms. The van der Waals surface area contributed by atoms with Gasteiger partial charge in [-0.1, -0.05) is 246 Å². The zero-order chi connectivity index (χ0) is 45.9. The maximum absolute atomic E-state index is 13.2. The molecule has 0 spiro atoms. The molecule has 3 unspecified atom stereocenters. The predicted octanol–water partition coefficient (Wildman–Crippen LogP) is 15.5. The van der Waals surface area contributed by atoms with E-state index in [9.17, 15) is 19.8 Å². The van der Waals surface area contributed by atoms with Crippen molar-refractivity contribution in [2.45, 2.75) is 232 Å². The van der Waals surface area contributed by atoms with Crippen LogP contribution in [0.2, 0.25) is 0 Å². The van der Waals surface area contributed by atoms with Crippen molar-refractivity contribution < 1.29 is 24.5 Å². The van der Waals surface area contributed by atoms with Gasteiger partial charge in [-0.05, 0) is 64.2 Å². The van der Waals surface area contributed by atoms with Crippen molar-refractivity contribution in [3.8, 4) is 0 Å². The van der Waals surface area contributed by atoms with Gasteiger partial charge in [-0.15, -0.1) is 0 Å². The van der Waals surface area contributed by atoms with Gasteiger partial charge in [-0.25, -0.2) is 0 Å².